The number of hydrogen-bond acceptors (Lipinski definition) is 3. The molecule has 3 rings (SSSR count). The zero-order chi connectivity index (χ0) is 18.4. The van der Waals surface area contributed by atoms with E-state index in [1.165, 1.54) is 11.8 Å². The van der Waals surface area contributed by atoms with E-state index in [1.54, 1.807) is 12.1 Å². The SMILES string of the molecule is Cc1cccc(NC(=O)C(=O)Nc2ccccc2Sc2ccccc2)c1. The molecule has 0 radical (unpaired) electrons. The van der Waals surface area contributed by atoms with Crippen molar-refractivity contribution in [1.82, 2.24) is 0 Å². The summed E-state index contributed by atoms with van der Waals surface area (Å²) in [6.07, 6.45) is 0. The van der Waals surface area contributed by atoms with E-state index in [4.69, 9.17) is 0 Å². The smallest absolute Gasteiger partial charge is 0.314 e. The van der Waals surface area contributed by atoms with Gasteiger partial charge in [0.05, 0.1) is 5.69 Å². The number of benzene rings is 3. The molecule has 0 aliphatic heterocycles. The molecule has 0 saturated carbocycles. The van der Waals surface area contributed by atoms with Crippen LogP contribution in [0.5, 0.6) is 0 Å². The molecule has 3 aromatic carbocycles. The average Bonchev–Trinajstić information content (AvgIpc) is 2.64. The summed E-state index contributed by atoms with van der Waals surface area (Å²) in [6, 6.07) is 24.6. The van der Waals surface area contributed by atoms with Crippen molar-refractivity contribution in [3.05, 3.63) is 84.4 Å². The van der Waals surface area contributed by atoms with E-state index in [9.17, 15) is 9.59 Å². The predicted octanol–water partition coefficient (Wildman–Crippen LogP) is 4.72. The van der Waals surface area contributed by atoms with Crippen LogP contribution in [0.25, 0.3) is 0 Å². The van der Waals surface area contributed by atoms with Gasteiger partial charge in [-0.3, -0.25) is 9.59 Å². The molecular weight excluding hydrogens is 344 g/mol. The van der Waals surface area contributed by atoms with Crippen molar-refractivity contribution in [2.75, 3.05) is 10.6 Å². The summed E-state index contributed by atoms with van der Waals surface area (Å²) < 4.78 is 0. The normalized spacial score (nSPS) is 10.2. The Morgan fingerprint density at radius 3 is 2.23 bits per heavy atom. The largest absolute Gasteiger partial charge is 0.318 e. The van der Waals surface area contributed by atoms with Gasteiger partial charge in [0.1, 0.15) is 0 Å². The molecule has 26 heavy (non-hydrogen) atoms. The molecule has 0 bridgehead atoms. The van der Waals surface area contributed by atoms with Gasteiger partial charge in [-0.05, 0) is 48.9 Å². The van der Waals surface area contributed by atoms with Gasteiger partial charge in [0.15, 0.2) is 0 Å². The van der Waals surface area contributed by atoms with Crippen molar-refractivity contribution < 1.29 is 9.59 Å². The summed E-state index contributed by atoms with van der Waals surface area (Å²) in [7, 11) is 0. The summed E-state index contributed by atoms with van der Waals surface area (Å²) in [6.45, 7) is 1.92. The van der Waals surface area contributed by atoms with Crippen LogP contribution in [0.3, 0.4) is 0 Å². The number of carbonyl (C=O) groups is 2. The molecule has 0 atom stereocenters. The zero-order valence-electron chi connectivity index (χ0n) is 14.2. The summed E-state index contributed by atoms with van der Waals surface area (Å²) in [5, 5.41) is 5.31. The molecule has 5 heteroatoms. The second-order valence-corrected chi connectivity index (χ2v) is 6.80. The number of anilines is 2. The van der Waals surface area contributed by atoms with Crippen molar-refractivity contribution in [2.24, 2.45) is 0 Å². The molecule has 0 spiro atoms. The first-order valence-corrected chi connectivity index (χ1v) is 8.94. The summed E-state index contributed by atoms with van der Waals surface area (Å²) in [5.41, 5.74) is 2.20. The highest BCUT2D eigenvalue weighted by Gasteiger charge is 2.16. The van der Waals surface area contributed by atoms with E-state index < -0.39 is 11.8 Å². The Morgan fingerprint density at radius 1 is 0.769 bits per heavy atom. The monoisotopic (exact) mass is 362 g/mol. The van der Waals surface area contributed by atoms with Crippen molar-refractivity contribution in [2.45, 2.75) is 16.7 Å². The molecule has 3 aromatic rings. The van der Waals surface area contributed by atoms with Gasteiger partial charge < -0.3 is 10.6 Å². The van der Waals surface area contributed by atoms with E-state index >= 15 is 0 Å². The molecule has 0 aliphatic carbocycles. The van der Waals surface area contributed by atoms with Gasteiger partial charge in [0.25, 0.3) is 0 Å². The molecule has 130 valence electrons. The molecule has 0 unspecified atom stereocenters. The maximum atomic E-state index is 12.3. The molecule has 0 fully saturated rings. The molecule has 0 aromatic heterocycles. The maximum Gasteiger partial charge on any atom is 0.314 e. The fourth-order valence-electron chi connectivity index (χ4n) is 2.36. The van der Waals surface area contributed by atoms with E-state index in [2.05, 4.69) is 10.6 Å². The Balaban J connectivity index is 1.70. The van der Waals surface area contributed by atoms with E-state index in [1.807, 2.05) is 73.7 Å². The van der Waals surface area contributed by atoms with Gasteiger partial charge in [-0.1, -0.05) is 54.2 Å². The number of aryl methyl sites for hydroxylation is 1. The highest BCUT2D eigenvalue weighted by Crippen LogP contribution is 2.33. The number of carbonyl (C=O) groups excluding carboxylic acids is 2. The lowest BCUT2D eigenvalue weighted by Crippen LogP contribution is -2.29. The Labute approximate surface area is 156 Å². The lowest BCUT2D eigenvalue weighted by molar-refractivity contribution is -0.133. The highest BCUT2D eigenvalue weighted by molar-refractivity contribution is 7.99. The Kier molecular flexibility index (Phi) is 5.71. The van der Waals surface area contributed by atoms with Crippen LogP contribution in [0.2, 0.25) is 0 Å². The molecule has 0 aliphatic rings. The van der Waals surface area contributed by atoms with Crippen molar-refractivity contribution in [3.8, 4) is 0 Å². The third kappa shape index (κ3) is 4.74. The van der Waals surface area contributed by atoms with Crippen molar-refractivity contribution in [3.63, 3.8) is 0 Å². The average molecular weight is 362 g/mol. The third-order valence-corrected chi connectivity index (χ3v) is 4.67. The van der Waals surface area contributed by atoms with E-state index in [0.29, 0.717) is 11.4 Å². The number of para-hydroxylation sites is 1. The minimum Gasteiger partial charge on any atom is -0.318 e. The van der Waals surface area contributed by atoms with Crippen LogP contribution in [-0.2, 0) is 9.59 Å². The van der Waals surface area contributed by atoms with Gasteiger partial charge >= 0.3 is 11.8 Å². The highest BCUT2D eigenvalue weighted by atomic mass is 32.2. The van der Waals surface area contributed by atoms with Gasteiger partial charge in [0.2, 0.25) is 0 Å². The fraction of sp³-hybridized carbons (Fsp3) is 0.0476. The lowest BCUT2D eigenvalue weighted by Gasteiger charge is -2.11. The van der Waals surface area contributed by atoms with Gasteiger partial charge in [-0.25, -0.2) is 0 Å². The minimum atomic E-state index is -0.701. The Morgan fingerprint density at radius 2 is 1.46 bits per heavy atom. The van der Waals surface area contributed by atoms with Crippen LogP contribution in [0.1, 0.15) is 5.56 Å². The first-order chi connectivity index (χ1) is 12.6. The topological polar surface area (TPSA) is 58.2 Å². The predicted molar refractivity (Wildman–Crippen MR) is 105 cm³/mol. The number of amides is 2. The Bertz CT molecular complexity index is 926. The molecular formula is C21H18N2O2S. The first-order valence-electron chi connectivity index (χ1n) is 8.13. The molecule has 0 heterocycles. The van der Waals surface area contributed by atoms with Gasteiger partial charge in [-0.15, -0.1) is 0 Å². The van der Waals surface area contributed by atoms with E-state index in [-0.39, 0.29) is 0 Å². The number of nitrogens with one attached hydrogen (secondary N) is 2. The minimum absolute atomic E-state index is 0.595. The summed E-state index contributed by atoms with van der Waals surface area (Å²) in [4.78, 5) is 26.4. The van der Waals surface area contributed by atoms with Gasteiger partial charge in [-0.2, -0.15) is 0 Å². The molecule has 4 nitrogen and oxygen atoms in total. The molecule has 2 N–H and O–H groups in total. The Hall–Kier alpha value is -3.05. The van der Waals surface area contributed by atoms with Crippen LogP contribution in [0.4, 0.5) is 11.4 Å². The van der Waals surface area contributed by atoms with Gasteiger partial charge in [0, 0.05) is 15.5 Å². The number of hydrogen-bond donors (Lipinski definition) is 2. The molecule has 0 saturated heterocycles. The first kappa shape index (κ1) is 17.8. The van der Waals surface area contributed by atoms with Crippen LogP contribution < -0.4 is 10.6 Å². The fourth-order valence-corrected chi connectivity index (χ4v) is 3.29. The number of rotatable bonds is 4. The van der Waals surface area contributed by atoms with Crippen molar-refractivity contribution >= 4 is 35.0 Å². The van der Waals surface area contributed by atoms with Crippen molar-refractivity contribution in [1.29, 1.82) is 0 Å². The summed E-state index contributed by atoms with van der Waals surface area (Å²) >= 11 is 1.53. The lowest BCUT2D eigenvalue weighted by atomic mass is 10.2. The van der Waals surface area contributed by atoms with Crippen LogP contribution in [0, 0.1) is 6.92 Å². The third-order valence-electron chi connectivity index (χ3n) is 3.59. The second kappa shape index (κ2) is 8.36. The molecule has 2 amide bonds. The standard InChI is InChI=1S/C21H18N2O2S/c1-15-8-7-9-16(14-15)22-20(24)21(25)23-18-12-5-6-13-19(18)26-17-10-3-2-4-11-17/h2-14H,1H3,(H,22,24)(H,23,25). The maximum absolute atomic E-state index is 12.3. The van der Waals surface area contributed by atoms with Crippen LogP contribution >= 0.6 is 11.8 Å². The second-order valence-electron chi connectivity index (χ2n) is 5.69. The quantitative estimate of drug-likeness (QED) is 0.660. The van der Waals surface area contributed by atoms with Crippen LogP contribution in [0.15, 0.2) is 88.7 Å². The summed E-state index contributed by atoms with van der Waals surface area (Å²) in [5.74, 6) is -1.40. The van der Waals surface area contributed by atoms with Crippen LogP contribution in [-0.4, -0.2) is 11.8 Å². The van der Waals surface area contributed by atoms with E-state index in [0.717, 1.165) is 15.4 Å². The zero-order valence-corrected chi connectivity index (χ0v) is 15.0.